The highest BCUT2D eigenvalue weighted by atomic mass is 19.1. The highest BCUT2D eigenvalue weighted by molar-refractivity contribution is 5.92. The Morgan fingerprint density at radius 3 is 2.39 bits per heavy atom. The van der Waals surface area contributed by atoms with Gasteiger partial charge in [-0.1, -0.05) is 42.5 Å². The summed E-state index contributed by atoms with van der Waals surface area (Å²) >= 11 is 0. The van der Waals surface area contributed by atoms with Gasteiger partial charge in [0.1, 0.15) is 5.82 Å². The molecule has 1 saturated heterocycles. The van der Waals surface area contributed by atoms with Crippen LogP contribution >= 0.6 is 0 Å². The number of nitrogens with two attached hydrogens (primary N) is 1. The Morgan fingerprint density at radius 1 is 1.13 bits per heavy atom. The Morgan fingerprint density at radius 2 is 1.81 bits per heavy atom. The lowest BCUT2D eigenvalue weighted by atomic mass is 9.73. The molecule has 0 saturated carbocycles. The molecule has 2 amide bonds. The van der Waals surface area contributed by atoms with Crippen molar-refractivity contribution in [2.75, 3.05) is 13.1 Å². The quantitative estimate of drug-likeness (QED) is 0.680. The zero-order valence-corrected chi connectivity index (χ0v) is 17.3. The maximum absolute atomic E-state index is 14.0. The maximum atomic E-state index is 14.0. The van der Waals surface area contributed by atoms with Crippen molar-refractivity contribution >= 4 is 11.8 Å². The summed E-state index contributed by atoms with van der Waals surface area (Å²) in [6, 6.07) is 14.1. The number of hydrogen-bond acceptors (Lipinski definition) is 4. The summed E-state index contributed by atoms with van der Waals surface area (Å²) in [5.41, 5.74) is 7.89. The van der Waals surface area contributed by atoms with Crippen LogP contribution in [0.4, 0.5) is 4.39 Å². The fourth-order valence-electron chi connectivity index (χ4n) is 4.19. The second-order valence-corrected chi connectivity index (χ2v) is 8.06. The molecule has 6 nitrogen and oxygen atoms in total. The fraction of sp³-hybridized carbons (Fsp3) is 0.292. The average molecular weight is 421 g/mol. The number of carbonyl (C=O) groups is 2. The molecule has 2 heterocycles. The molecule has 1 aromatic heterocycles. The van der Waals surface area contributed by atoms with E-state index in [2.05, 4.69) is 4.98 Å². The van der Waals surface area contributed by atoms with E-state index < -0.39 is 5.41 Å². The van der Waals surface area contributed by atoms with Gasteiger partial charge in [-0.2, -0.15) is 0 Å². The van der Waals surface area contributed by atoms with E-state index in [0.717, 1.165) is 11.1 Å². The van der Waals surface area contributed by atoms with Gasteiger partial charge in [0.15, 0.2) is 6.39 Å². The molecule has 0 atom stereocenters. The molecule has 7 heteroatoms. The van der Waals surface area contributed by atoms with Gasteiger partial charge in [0.25, 0.3) is 5.91 Å². The summed E-state index contributed by atoms with van der Waals surface area (Å²) in [5.74, 6) is -0.630. The first-order valence-corrected chi connectivity index (χ1v) is 10.2. The highest BCUT2D eigenvalue weighted by Gasteiger charge is 2.41. The number of benzene rings is 2. The van der Waals surface area contributed by atoms with E-state index in [4.69, 9.17) is 10.2 Å². The third kappa shape index (κ3) is 4.08. The van der Waals surface area contributed by atoms with Crippen LogP contribution in [0.1, 0.15) is 34.7 Å². The van der Waals surface area contributed by atoms with Crippen molar-refractivity contribution in [2.24, 2.45) is 11.1 Å². The lowest BCUT2D eigenvalue weighted by Crippen LogP contribution is -2.49. The minimum absolute atomic E-state index is 0.220. The van der Waals surface area contributed by atoms with Crippen molar-refractivity contribution in [3.63, 3.8) is 0 Å². The zero-order valence-electron chi connectivity index (χ0n) is 17.3. The molecule has 31 heavy (non-hydrogen) atoms. The van der Waals surface area contributed by atoms with Gasteiger partial charge in [0.2, 0.25) is 11.7 Å². The van der Waals surface area contributed by atoms with Gasteiger partial charge < -0.3 is 15.1 Å². The van der Waals surface area contributed by atoms with Crippen LogP contribution in [0.15, 0.2) is 59.3 Å². The van der Waals surface area contributed by atoms with E-state index in [1.54, 1.807) is 30.0 Å². The molecule has 2 aromatic carbocycles. The van der Waals surface area contributed by atoms with E-state index in [9.17, 15) is 14.0 Å². The van der Waals surface area contributed by atoms with Crippen molar-refractivity contribution < 1.29 is 18.4 Å². The number of likely N-dealkylation sites (tertiary alicyclic amines) is 1. The molecular weight excluding hydrogens is 397 g/mol. The average Bonchev–Trinajstić information content (AvgIpc) is 3.20. The minimum atomic E-state index is -0.729. The van der Waals surface area contributed by atoms with E-state index in [-0.39, 0.29) is 23.4 Å². The predicted molar refractivity (Wildman–Crippen MR) is 114 cm³/mol. The van der Waals surface area contributed by atoms with Crippen molar-refractivity contribution in [2.45, 2.75) is 26.2 Å². The molecule has 3 aromatic rings. The lowest BCUT2D eigenvalue weighted by Gasteiger charge is -2.39. The van der Waals surface area contributed by atoms with Crippen molar-refractivity contribution in [3.8, 4) is 11.1 Å². The second-order valence-electron chi connectivity index (χ2n) is 8.06. The summed E-state index contributed by atoms with van der Waals surface area (Å²) in [7, 11) is 0. The molecule has 2 N–H and O–H groups in total. The first kappa shape index (κ1) is 20.8. The Labute approximate surface area is 179 Å². The smallest absolute Gasteiger partial charge is 0.291 e. The van der Waals surface area contributed by atoms with Gasteiger partial charge in [-0.05, 0) is 43.4 Å². The van der Waals surface area contributed by atoms with Gasteiger partial charge in [0, 0.05) is 18.7 Å². The lowest BCUT2D eigenvalue weighted by molar-refractivity contribution is -0.130. The summed E-state index contributed by atoms with van der Waals surface area (Å²) in [6.45, 7) is 2.55. The molecule has 0 aliphatic carbocycles. The summed E-state index contributed by atoms with van der Waals surface area (Å²) in [5, 5.41) is 0. The molecule has 0 bridgehead atoms. The Hall–Kier alpha value is -3.48. The number of rotatable bonds is 5. The van der Waals surface area contributed by atoms with Crippen molar-refractivity contribution in [3.05, 3.63) is 77.8 Å². The standard InChI is InChI=1S/C24H24FN3O3/c1-16-21(31-15-27-16)22(29)28-12-10-24(11-13-28,23(26)30)14-17-6-8-18(9-7-17)19-4-2-3-5-20(19)25/h2-9,15H,10-14H2,1H3,(H2,26,30). The van der Waals surface area contributed by atoms with Crippen LogP contribution in [0, 0.1) is 18.2 Å². The monoisotopic (exact) mass is 421 g/mol. The number of oxazole rings is 1. The van der Waals surface area contributed by atoms with Crippen LogP contribution in [0.5, 0.6) is 0 Å². The number of aromatic nitrogens is 1. The normalized spacial score (nSPS) is 15.6. The van der Waals surface area contributed by atoms with Gasteiger partial charge in [-0.3, -0.25) is 9.59 Å². The summed E-state index contributed by atoms with van der Waals surface area (Å²) < 4.78 is 19.3. The van der Waals surface area contributed by atoms with Gasteiger partial charge in [-0.25, -0.2) is 9.37 Å². The number of carbonyl (C=O) groups excluding carboxylic acids is 2. The molecule has 1 fully saturated rings. The Kier molecular flexibility index (Phi) is 5.59. The second kappa shape index (κ2) is 8.34. The van der Waals surface area contributed by atoms with E-state index in [1.165, 1.54) is 12.5 Å². The molecule has 160 valence electrons. The van der Waals surface area contributed by atoms with Crippen LogP contribution in [0.2, 0.25) is 0 Å². The van der Waals surface area contributed by atoms with Gasteiger partial charge in [0.05, 0.1) is 11.1 Å². The van der Waals surface area contributed by atoms with Gasteiger partial charge in [-0.15, -0.1) is 0 Å². The number of halogens is 1. The van der Waals surface area contributed by atoms with Crippen molar-refractivity contribution in [1.82, 2.24) is 9.88 Å². The first-order valence-electron chi connectivity index (χ1n) is 10.2. The number of amides is 2. The fourth-order valence-corrected chi connectivity index (χ4v) is 4.19. The zero-order chi connectivity index (χ0) is 22.0. The van der Waals surface area contributed by atoms with Crippen LogP contribution in [-0.2, 0) is 11.2 Å². The molecule has 1 aliphatic rings. The third-order valence-electron chi connectivity index (χ3n) is 6.15. The van der Waals surface area contributed by atoms with Crippen LogP contribution in [0.25, 0.3) is 11.1 Å². The predicted octanol–water partition coefficient (Wildman–Crippen LogP) is 3.74. The van der Waals surface area contributed by atoms with Gasteiger partial charge >= 0.3 is 0 Å². The van der Waals surface area contributed by atoms with Crippen LogP contribution in [0.3, 0.4) is 0 Å². The largest absolute Gasteiger partial charge is 0.438 e. The Bertz CT molecular complexity index is 1100. The van der Waals surface area contributed by atoms with E-state index in [1.807, 2.05) is 24.3 Å². The topological polar surface area (TPSA) is 89.4 Å². The Balaban J connectivity index is 1.47. The third-order valence-corrected chi connectivity index (χ3v) is 6.15. The number of piperidine rings is 1. The molecule has 0 spiro atoms. The SMILES string of the molecule is Cc1ncoc1C(=O)N1CCC(Cc2ccc(-c3ccccc3F)cc2)(C(N)=O)CC1. The first-order chi connectivity index (χ1) is 14.9. The number of nitrogens with zero attached hydrogens (tertiary/aromatic N) is 2. The number of hydrogen-bond donors (Lipinski definition) is 1. The maximum Gasteiger partial charge on any atom is 0.291 e. The minimum Gasteiger partial charge on any atom is -0.438 e. The van der Waals surface area contributed by atoms with E-state index in [0.29, 0.717) is 43.6 Å². The van der Waals surface area contributed by atoms with Crippen LogP contribution in [-0.4, -0.2) is 34.8 Å². The van der Waals surface area contributed by atoms with Crippen LogP contribution < -0.4 is 5.73 Å². The summed E-state index contributed by atoms with van der Waals surface area (Å²) in [4.78, 5) is 30.7. The number of aryl methyl sites for hydroxylation is 1. The van der Waals surface area contributed by atoms with E-state index >= 15 is 0 Å². The van der Waals surface area contributed by atoms with Crippen molar-refractivity contribution in [1.29, 1.82) is 0 Å². The molecule has 4 rings (SSSR count). The molecule has 0 radical (unpaired) electrons. The number of primary amides is 1. The highest BCUT2D eigenvalue weighted by Crippen LogP contribution is 2.36. The molecular formula is C24H24FN3O3. The molecule has 0 unspecified atom stereocenters. The molecule has 1 aliphatic heterocycles. The summed E-state index contributed by atoms with van der Waals surface area (Å²) in [6.07, 6.45) is 2.67.